The largest absolute Gasteiger partial charge is 0.497 e. The van der Waals surface area contributed by atoms with E-state index in [1.807, 2.05) is 52.0 Å². The highest BCUT2D eigenvalue weighted by Crippen LogP contribution is 2.26. The third kappa shape index (κ3) is 7.85. The summed E-state index contributed by atoms with van der Waals surface area (Å²) in [6.07, 6.45) is 1.04. The molecule has 0 spiro atoms. The van der Waals surface area contributed by atoms with E-state index >= 15 is 0 Å². The summed E-state index contributed by atoms with van der Waals surface area (Å²) >= 11 is 0. The molecular weight excluding hydrogens is 545 g/mol. The lowest BCUT2D eigenvalue weighted by Gasteiger charge is -2.34. The van der Waals surface area contributed by atoms with E-state index in [1.165, 1.54) is 48.4 Å². The van der Waals surface area contributed by atoms with Crippen molar-refractivity contribution in [3.63, 3.8) is 0 Å². The fourth-order valence-corrected chi connectivity index (χ4v) is 5.76. The number of halogens is 1. The van der Waals surface area contributed by atoms with Crippen molar-refractivity contribution in [3.8, 4) is 5.75 Å². The molecule has 8 nitrogen and oxygen atoms in total. The van der Waals surface area contributed by atoms with E-state index < -0.39 is 34.3 Å². The molecule has 3 aromatic carbocycles. The molecule has 0 aliphatic heterocycles. The summed E-state index contributed by atoms with van der Waals surface area (Å²) in [7, 11) is -2.80. The van der Waals surface area contributed by atoms with E-state index in [1.54, 1.807) is 0 Å². The van der Waals surface area contributed by atoms with Gasteiger partial charge in [0.2, 0.25) is 11.8 Å². The topological polar surface area (TPSA) is 96.0 Å². The summed E-state index contributed by atoms with van der Waals surface area (Å²) in [6.45, 7) is 7.07. The average Bonchev–Trinajstić information content (AvgIpc) is 2.97. The van der Waals surface area contributed by atoms with Crippen LogP contribution < -0.4 is 14.4 Å². The molecule has 3 rings (SSSR count). The van der Waals surface area contributed by atoms with Crippen molar-refractivity contribution >= 4 is 27.5 Å². The second-order valence-electron chi connectivity index (χ2n) is 9.85. The number of aryl methyl sites for hydroxylation is 1. The number of hydrogen-bond donors (Lipinski definition) is 1. The Morgan fingerprint density at radius 2 is 1.59 bits per heavy atom. The third-order valence-corrected chi connectivity index (χ3v) is 8.82. The normalized spacial score (nSPS) is 12.7. The smallest absolute Gasteiger partial charge is 0.264 e. The van der Waals surface area contributed by atoms with E-state index in [0.29, 0.717) is 18.6 Å². The maximum absolute atomic E-state index is 14.1. The lowest BCUT2D eigenvalue weighted by Crippen LogP contribution is -2.53. The molecule has 0 radical (unpaired) electrons. The fraction of sp³-hybridized carbons (Fsp3) is 0.355. The van der Waals surface area contributed by atoms with Crippen molar-refractivity contribution < 1.29 is 27.1 Å². The number of nitrogens with zero attached hydrogens (tertiary/aromatic N) is 2. The number of nitrogens with one attached hydrogen (secondary N) is 1. The van der Waals surface area contributed by atoms with Crippen LogP contribution in [0.1, 0.15) is 44.7 Å². The van der Waals surface area contributed by atoms with Gasteiger partial charge in [-0.2, -0.15) is 0 Å². The van der Waals surface area contributed by atoms with Crippen LogP contribution in [-0.2, 0) is 26.2 Å². The summed E-state index contributed by atoms with van der Waals surface area (Å²) in [5, 5.41) is 2.96. The Morgan fingerprint density at radius 1 is 0.951 bits per heavy atom. The Kier molecular flexibility index (Phi) is 10.9. The third-order valence-electron chi connectivity index (χ3n) is 7.03. The Labute approximate surface area is 242 Å². The number of carbonyl (C=O) groups excluding carboxylic acids is 2. The van der Waals surface area contributed by atoms with Crippen LogP contribution in [0.5, 0.6) is 5.75 Å². The van der Waals surface area contributed by atoms with E-state index in [4.69, 9.17) is 4.74 Å². The van der Waals surface area contributed by atoms with Gasteiger partial charge in [-0.3, -0.25) is 13.9 Å². The number of carbonyl (C=O) groups is 2. The molecule has 0 bridgehead atoms. The quantitative estimate of drug-likeness (QED) is 0.304. The van der Waals surface area contributed by atoms with Gasteiger partial charge in [-0.05, 0) is 86.3 Å². The predicted octanol–water partition coefficient (Wildman–Crippen LogP) is 5.06. The zero-order valence-electron chi connectivity index (χ0n) is 24.1. The van der Waals surface area contributed by atoms with Gasteiger partial charge in [-0.25, -0.2) is 12.8 Å². The van der Waals surface area contributed by atoms with Gasteiger partial charge in [0.15, 0.2) is 0 Å². The first kappa shape index (κ1) is 31.6. The lowest BCUT2D eigenvalue weighted by molar-refractivity contribution is -0.140. The number of benzene rings is 3. The Morgan fingerprint density at radius 3 is 2.15 bits per heavy atom. The molecule has 1 N–H and O–H groups in total. The number of hydrogen-bond acceptors (Lipinski definition) is 5. The van der Waals surface area contributed by atoms with Crippen molar-refractivity contribution in [3.05, 3.63) is 89.7 Å². The van der Waals surface area contributed by atoms with E-state index in [2.05, 4.69) is 5.32 Å². The Bertz CT molecular complexity index is 1430. The Hall–Kier alpha value is -3.92. The van der Waals surface area contributed by atoms with Crippen LogP contribution in [0.15, 0.2) is 77.7 Å². The summed E-state index contributed by atoms with van der Waals surface area (Å²) in [4.78, 5) is 28.8. The minimum atomic E-state index is -4.27. The van der Waals surface area contributed by atoms with Gasteiger partial charge in [0, 0.05) is 12.6 Å². The highest BCUT2D eigenvalue weighted by atomic mass is 32.2. The van der Waals surface area contributed by atoms with Gasteiger partial charge in [0.05, 0.1) is 17.7 Å². The number of amides is 2. The molecule has 0 fully saturated rings. The Balaban J connectivity index is 2.06. The molecule has 0 saturated heterocycles. The summed E-state index contributed by atoms with van der Waals surface area (Å²) < 4.78 is 47.7. The van der Waals surface area contributed by atoms with Crippen molar-refractivity contribution in [1.82, 2.24) is 10.2 Å². The molecule has 0 aliphatic rings. The molecule has 2 amide bonds. The van der Waals surface area contributed by atoms with Gasteiger partial charge in [-0.1, -0.05) is 38.1 Å². The number of rotatable bonds is 13. The highest BCUT2D eigenvalue weighted by molar-refractivity contribution is 7.92. The molecule has 220 valence electrons. The van der Waals surface area contributed by atoms with Gasteiger partial charge >= 0.3 is 0 Å². The van der Waals surface area contributed by atoms with Crippen molar-refractivity contribution in [2.24, 2.45) is 0 Å². The first-order valence-corrected chi connectivity index (χ1v) is 15.0. The lowest BCUT2D eigenvalue weighted by atomic mass is 10.1. The minimum Gasteiger partial charge on any atom is -0.497 e. The van der Waals surface area contributed by atoms with Crippen molar-refractivity contribution in [1.29, 1.82) is 0 Å². The van der Waals surface area contributed by atoms with Gasteiger partial charge in [-0.15, -0.1) is 0 Å². The molecule has 0 saturated carbocycles. The van der Waals surface area contributed by atoms with Crippen molar-refractivity contribution in [2.75, 3.05) is 18.0 Å². The van der Waals surface area contributed by atoms with Crippen molar-refractivity contribution in [2.45, 2.75) is 64.1 Å². The molecule has 2 atom stereocenters. The van der Waals surface area contributed by atoms with Crippen LogP contribution in [0.2, 0.25) is 0 Å². The van der Waals surface area contributed by atoms with Crippen LogP contribution in [0.4, 0.5) is 10.1 Å². The SMILES string of the molecule is CC[C@H](C(=O)N[C@@H](C)CC)N(Cc1ccccc1C)C(=O)CN(c1ccc(F)cc1)S(=O)(=O)c1ccc(OC)cc1. The standard InChI is InChI=1S/C31H38FN3O5S/c1-6-23(4)33-31(37)29(7-2)34(20-24-11-9-8-10-22(24)3)30(36)21-35(26-14-12-25(32)13-15-26)41(38,39)28-18-16-27(40-5)17-19-28/h8-19,23,29H,6-7,20-21H2,1-5H3,(H,33,37)/t23-,29+/m0/s1. The highest BCUT2D eigenvalue weighted by Gasteiger charge is 2.34. The summed E-state index contributed by atoms with van der Waals surface area (Å²) in [5.74, 6) is -0.956. The van der Waals surface area contributed by atoms with Crippen LogP contribution in [0.3, 0.4) is 0 Å². The predicted molar refractivity (Wildman–Crippen MR) is 158 cm³/mol. The second kappa shape index (κ2) is 14.1. The average molecular weight is 584 g/mol. The van der Waals surface area contributed by atoms with Gasteiger partial charge in [0.25, 0.3) is 10.0 Å². The van der Waals surface area contributed by atoms with Crippen LogP contribution in [0, 0.1) is 12.7 Å². The number of anilines is 1. The summed E-state index contributed by atoms with van der Waals surface area (Å²) in [6, 6.07) is 17.3. The minimum absolute atomic E-state index is 0.0672. The number of methoxy groups -OCH3 is 1. The molecule has 0 aliphatic carbocycles. The van der Waals surface area contributed by atoms with Crippen LogP contribution in [0.25, 0.3) is 0 Å². The molecule has 0 unspecified atom stereocenters. The maximum Gasteiger partial charge on any atom is 0.264 e. The maximum atomic E-state index is 14.1. The number of sulfonamides is 1. The molecule has 0 aromatic heterocycles. The zero-order chi connectivity index (χ0) is 30.2. The van der Waals surface area contributed by atoms with Gasteiger partial charge in [0.1, 0.15) is 24.2 Å². The molecule has 0 heterocycles. The van der Waals surface area contributed by atoms with Crippen LogP contribution >= 0.6 is 0 Å². The second-order valence-corrected chi connectivity index (χ2v) is 11.7. The van der Waals surface area contributed by atoms with E-state index in [9.17, 15) is 22.4 Å². The molecule has 41 heavy (non-hydrogen) atoms. The van der Waals surface area contributed by atoms with E-state index in [-0.39, 0.29) is 29.1 Å². The summed E-state index contributed by atoms with van der Waals surface area (Å²) in [5.41, 5.74) is 1.88. The molecular formula is C31H38FN3O5S. The first-order chi connectivity index (χ1) is 19.5. The fourth-order valence-electron chi connectivity index (χ4n) is 4.34. The number of ether oxygens (including phenoxy) is 1. The monoisotopic (exact) mass is 583 g/mol. The molecule has 10 heteroatoms. The molecule has 3 aromatic rings. The van der Waals surface area contributed by atoms with Gasteiger partial charge < -0.3 is 15.0 Å². The zero-order valence-corrected chi connectivity index (χ0v) is 24.9. The van der Waals surface area contributed by atoms with E-state index in [0.717, 1.165) is 27.6 Å². The van der Waals surface area contributed by atoms with Crippen LogP contribution in [-0.4, -0.2) is 50.9 Å². The first-order valence-electron chi connectivity index (χ1n) is 13.6.